The van der Waals surface area contributed by atoms with E-state index in [1.807, 2.05) is 19.9 Å². The SMILES string of the molecule is COc1ccc(S(=O)(=O)N2C[C@H](C(=O)N[C@@H](C)c3ccc4c(c3)CCC4)Oc3ccc(C)cc32)cc1. The maximum atomic E-state index is 13.7. The van der Waals surface area contributed by atoms with Gasteiger partial charge in [-0.1, -0.05) is 24.3 Å². The van der Waals surface area contributed by atoms with Gasteiger partial charge in [-0.25, -0.2) is 8.42 Å². The summed E-state index contributed by atoms with van der Waals surface area (Å²) in [7, 11) is -2.43. The van der Waals surface area contributed by atoms with E-state index in [2.05, 4.69) is 23.5 Å². The number of nitrogens with one attached hydrogen (secondary N) is 1. The quantitative estimate of drug-likeness (QED) is 0.538. The molecule has 0 radical (unpaired) electrons. The average molecular weight is 507 g/mol. The zero-order valence-corrected chi connectivity index (χ0v) is 21.5. The summed E-state index contributed by atoms with van der Waals surface area (Å²) in [6.07, 6.45) is 2.32. The molecule has 0 unspecified atom stereocenters. The van der Waals surface area contributed by atoms with E-state index < -0.39 is 16.1 Å². The van der Waals surface area contributed by atoms with E-state index in [1.54, 1.807) is 24.3 Å². The number of sulfonamides is 1. The second-order valence-corrected chi connectivity index (χ2v) is 11.3. The standard InChI is InChI=1S/C28H30N2O5S/c1-18-7-14-26-25(15-18)30(36(32,33)24-12-10-23(34-3)11-13-24)17-27(35-26)28(31)29-19(2)21-9-8-20-5-4-6-22(20)16-21/h7-16,19,27H,4-6,17H2,1-3H3,(H,29,31)/t19-,27+/m0/s1. The maximum Gasteiger partial charge on any atom is 0.264 e. The van der Waals surface area contributed by atoms with Gasteiger partial charge in [0.2, 0.25) is 0 Å². The highest BCUT2D eigenvalue weighted by molar-refractivity contribution is 7.92. The number of carbonyl (C=O) groups excluding carboxylic acids is 1. The van der Waals surface area contributed by atoms with Crippen LogP contribution in [0.2, 0.25) is 0 Å². The van der Waals surface area contributed by atoms with Crippen LogP contribution >= 0.6 is 0 Å². The predicted octanol–water partition coefficient (Wildman–Crippen LogP) is 4.33. The molecule has 2 aliphatic rings. The van der Waals surface area contributed by atoms with Crippen LogP contribution in [0.4, 0.5) is 5.69 Å². The van der Waals surface area contributed by atoms with Gasteiger partial charge in [0.05, 0.1) is 30.3 Å². The molecule has 7 nitrogen and oxygen atoms in total. The number of rotatable bonds is 6. The molecule has 0 fully saturated rings. The van der Waals surface area contributed by atoms with Crippen LogP contribution in [0.3, 0.4) is 0 Å². The highest BCUT2D eigenvalue weighted by Gasteiger charge is 2.38. The summed E-state index contributed by atoms with van der Waals surface area (Å²) in [5.74, 6) is 0.559. The van der Waals surface area contributed by atoms with E-state index in [9.17, 15) is 13.2 Å². The lowest BCUT2D eigenvalue weighted by Gasteiger charge is -2.35. The Balaban J connectivity index is 1.41. The largest absolute Gasteiger partial charge is 0.497 e. The molecule has 1 heterocycles. The first-order chi connectivity index (χ1) is 17.3. The molecule has 5 rings (SSSR count). The van der Waals surface area contributed by atoms with Gasteiger partial charge in [0.25, 0.3) is 15.9 Å². The van der Waals surface area contributed by atoms with Crippen molar-refractivity contribution in [3.05, 3.63) is 82.9 Å². The number of carbonyl (C=O) groups is 1. The van der Waals surface area contributed by atoms with Gasteiger partial charge in [0.15, 0.2) is 6.10 Å². The summed E-state index contributed by atoms with van der Waals surface area (Å²) < 4.78 is 39.8. The highest BCUT2D eigenvalue weighted by atomic mass is 32.2. The first-order valence-electron chi connectivity index (χ1n) is 12.1. The number of methoxy groups -OCH3 is 1. The molecule has 188 valence electrons. The average Bonchev–Trinajstić information content (AvgIpc) is 3.36. The second kappa shape index (κ2) is 9.50. The number of ether oxygens (including phenoxy) is 2. The zero-order chi connectivity index (χ0) is 25.4. The fourth-order valence-corrected chi connectivity index (χ4v) is 6.32. The number of benzene rings is 3. The van der Waals surface area contributed by atoms with Crippen LogP contribution in [0.15, 0.2) is 65.6 Å². The molecule has 2 atom stereocenters. The third-order valence-electron chi connectivity index (χ3n) is 6.91. The van der Waals surface area contributed by atoms with Crippen LogP contribution in [0, 0.1) is 6.92 Å². The van der Waals surface area contributed by atoms with Crippen molar-refractivity contribution < 1.29 is 22.7 Å². The third kappa shape index (κ3) is 4.53. The van der Waals surface area contributed by atoms with E-state index in [0.29, 0.717) is 17.2 Å². The molecule has 36 heavy (non-hydrogen) atoms. The molecular formula is C28H30N2O5S. The lowest BCUT2D eigenvalue weighted by atomic mass is 10.0. The van der Waals surface area contributed by atoms with Crippen LogP contribution in [0.25, 0.3) is 0 Å². The fraction of sp³-hybridized carbons (Fsp3) is 0.321. The maximum absolute atomic E-state index is 13.7. The Bertz CT molecular complexity index is 1400. The number of aryl methyl sites for hydroxylation is 3. The van der Waals surface area contributed by atoms with E-state index >= 15 is 0 Å². The molecule has 8 heteroatoms. The summed E-state index contributed by atoms with van der Waals surface area (Å²) in [4.78, 5) is 13.4. The highest BCUT2D eigenvalue weighted by Crippen LogP contribution is 2.38. The van der Waals surface area contributed by atoms with Gasteiger partial charge in [-0.3, -0.25) is 9.10 Å². The number of anilines is 1. The smallest absolute Gasteiger partial charge is 0.264 e. The molecule has 0 aromatic heterocycles. The molecule has 0 bridgehead atoms. The minimum absolute atomic E-state index is 0.114. The van der Waals surface area contributed by atoms with Crippen LogP contribution in [0.5, 0.6) is 11.5 Å². The normalized spacial score (nSPS) is 17.5. The fourth-order valence-electron chi connectivity index (χ4n) is 4.85. The van der Waals surface area contributed by atoms with E-state index in [4.69, 9.17) is 9.47 Å². The van der Waals surface area contributed by atoms with Gasteiger partial charge in [-0.2, -0.15) is 0 Å². The number of hydrogen-bond donors (Lipinski definition) is 1. The first kappa shape index (κ1) is 24.2. The topological polar surface area (TPSA) is 84.9 Å². The van der Waals surface area contributed by atoms with Crippen molar-refractivity contribution in [3.8, 4) is 11.5 Å². The Hall–Kier alpha value is -3.52. The minimum Gasteiger partial charge on any atom is -0.497 e. The van der Waals surface area contributed by atoms with Crippen LogP contribution in [0.1, 0.15) is 41.6 Å². The van der Waals surface area contributed by atoms with E-state index in [-0.39, 0.29) is 23.4 Å². The van der Waals surface area contributed by atoms with Crippen molar-refractivity contribution in [3.63, 3.8) is 0 Å². The first-order valence-corrected chi connectivity index (χ1v) is 13.6. The third-order valence-corrected chi connectivity index (χ3v) is 8.70. The Morgan fingerprint density at radius 2 is 1.81 bits per heavy atom. The Morgan fingerprint density at radius 3 is 2.56 bits per heavy atom. The number of hydrogen-bond acceptors (Lipinski definition) is 5. The Morgan fingerprint density at radius 1 is 1.06 bits per heavy atom. The lowest BCUT2D eigenvalue weighted by molar-refractivity contribution is -0.128. The molecule has 1 N–H and O–H groups in total. The summed E-state index contributed by atoms with van der Waals surface area (Å²) in [5.41, 5.74) is 5.04. The van der Waals surface area contributed by atoms with Crippen LogP contribution in [-0.2, 0) is 27.7 Å². The van der Waals surface area contributed by atoms with Crippen molar-refractivity contribution >= 4 is 21.6 Å². The molecule has 3 aromatic rings. The Kier molecular flexibility index (Phi) is 6.38. The van der Waals surface area contributed by atoms with Crippen LogP contribution in [-0.4, -0.2) is 34.1 Å². The molecule has 0 saturated heterocycles. The number of amides is 1. The van der Waals surface area contributed by atoms with Gasteiger partial charge in [-0.15, -0.1) is 0 Å². The van der Waals surface area contributed by atoms with Crippen molar-refractivity contribution in [1.82, 2.24) is 5.32 Å². The molecule has 1 aliphatic heterocycles. The molecular weight excluding hydrogens is 476 g/mol. The lowest BCUT2D eigenvalue weighted by Crippen LogP contribution is -2.51. The summed E-state index contributed by atoms with van der Waals surface area (Å²) in [6.45, 7) is 3.68. The predicted molar refractivity (Wildman–Crippen MR) is 138 cm³/mol. The van der Waals surface area contributed by atoms with E-state index in [1.165, 1.54) is 34.7 Å². The Labute approximate surface area is 212 Å². The summed E-state index contributed by atoms with van der Waals surface area (Å²) >= 11 is 0. The van der Waals surface area contributed by atoms with Gasteiger partial charge < -0.3 is 14.8 Å². The molecule has 1 aliphatic carbocycles. The minimum atomic E-state index is -3.95. The number of fused-ring (bicyclic) bond motifs is 2. The van der Waals surface area contributed by atoms with Crippen molar-refractivity contribution in [2.45, 2.75) is 50.2 Å². The second-order valence-electron chi connectivity index (χ2n) is 9.40. The molecule has 1 amide bonds. The molecule has 3 aromatic carbocycles. The van der Waals surface area contributed by atoms with Gasteiger partial charge >= 0.3 is 0 Å². The van der Waals surface area contributed by atoms with Gasteiger partial charge in [0, 0.05) is 0 Å². The summed E-state index contributed by atoms with van der Waals surface area (Å²) in [5, 5.41) is 3.02. The van der Waals surface area contributed by atoms with Crippen molar-refractivity contribution in [1.29, 1.82) is 0 Å². The van der Waals surface area contributed by atoms with Crippen molar-refractivity contribution in [2.24, 2.45) is 0 Å². The summed E-state index contributed by atoms with van der Waals surface area (Å²) in [6, 6.07) is 17.6. The van der Waals surface area contributed by atoms with E-state index in [0.717, 1.165) is 30.4 Å². The van der Waals surface area contributed by atoms with Gasteiger partial charge in [-0.05, 0) is 91.8 Å². The van der Waals surface area contributed by atoms with Crippen LogP contribution < -0.4 is 19.1 Å². The zero-order valence-electron chi connectivity index (χ0n) is 20.7. The molecule has 0 spiro atoms. The number of nitrogens with zero attached hydrogens (tertiary/aromatic N) is 1. The monoisotopic (exact) mass is 506 g/mol. The molecule has 0 saturated carbocycles. The van der Waals surface area contributed by atoms with Crippen molar-refractivity contribution in [2.75, 3.05) is 18.0 Å². The van der Waals surface area contributed by atoms with Gasteiger partial charge in [0.1, 0.15) is 11.5 Å².